The largest absolute Gasteiger partial charge is 0.337 e. The van der Waals surface area contributed by atoms with E-state index in [1.165, 1.54) is 12.8 Å². The fourth-order valence-corrected chi connectivity index (χ4v) is 2.16. The zero-order valence-electron chi connectivity index (χ0n) is 8.63. The third-order valence-corrected chi connectivity index (χ3v) is 3.15. The molecule has 15 heavy (non-hydrogen) atoms. The second kappa shape index (κ2) is 3.73. The van der Waals surface area contributed by atoms with Gasteiger partial charge in [0.2, 0.25) is 5.95 Å². The van der Waals surface area contributed by atoms with Crippen LogP contribution < -0.4 is 10.2 Å². The smallest absolute Gasteiger partial charge is 0.245 e. The van der Waals surface area contributed by atoms with Crippen molar-refractivity contribution in [1.29, 1.82) is 0 Å². The Morgan fingerprint density at radius 2 is 2.27 bits per heavy atom. The van der Waals surface area contributed by atoms with Crippen LogP contribution in [0.1, 0.15) is 12.8 Å². The molecule has 1 atom stereocenters. The summed E-state index contributed by atoms with van der Waals surface area (Å²) in [6.45, 7) is 3.03. The van der Waals surface area contributed by atoms with Crippen molar-refractivity contribution >= 4 is 5.95 Å². The van der Waals surface area contributed by atoms with Crippen molar-refractivity contribution in [2.45, 2.75) is 18.9 Å². The van der Waals surface area contributed by atoms with Gasteiger partial charge in [0.15, 0.2) is 0 Å². The molecule has 1 aromatic heterocycles. The number of hydrogen-bond acceptors (Lipinski definition) is 5. The van der Waals surface area contributed by atoms with Gasteiger partial charge in [-0.2, -0.15) is 5.10 Å². The Hall–Kier alpha value is -1.23. The van der Waals surface area contributed by atoms with Crippen molar-refractivity contribution in [3.63, 3.8) is 0 Å². The summed E-state index contributed by atoms with van der Waals surface area (Å²) >= 11 is 0. The Kier molecular flexibility index (Phi) is 2.25. The minimum Gasteiger partial charge on any atom is -0.337 e. The first-order valence-corrected chi connectivity index (χ1v) is 5.55. The van der Waals surface area contributed by atoms with E-state index >= 15 is 0 Å². The van der Waals surface area contributed by atoms with E-state index in [0.29, 0.717) is 6.04 Å². The van der Waals surface area contributed by atoms with Gasteiger partial charge in [-0.15, -0.1) is 5.10 Å². The molecule has 1 unspecified atom stereocenters. The Morgan fingerprint density at radius 1 is 1.33 bits per heavy atom. The zero-order valence-corrected chi connectivity index (χ0v) is 8.63. The molecule has 0 radical (unpaired) electrons. The minimum absolute atomic E-state index is 0.627. The van der Waals surface area contributed by atoms with Crippen LogP contribution in [0.5, 0.6) is 0 Å². The first kappa shape index (κ1) is 9.03. The van der Waals surface area contributed by atoms with E-state index in [1.54, 1.807) is 12.4 Å². The summed E-state index contributed by atoms with van der Waals surface area (Å²) in [6.07, 6.45) is 6.07. The van der Waals surface area contributed by atoms with Crippen LogP contribution >= 0.6 is 0 Å². The zero-order chi connectivity index (χ0) is 10.1. The van der Waals surface area contributed by atoms with Gasteiger partial charge in [0.25, 0.3) is 0 Å². The van der Waals surface area contributed by atoms with Gasteiger partial charge in [-0.25, -0.2) is 4.98 Å². The molecule has 0 bridgehead atoms. The van der Waals surface area contributed by atoms with E-state index in [9.17, 15) is 0 Å². The SMILES string of the molecule is c1cnc(N2CCNC(C3CC3)C2)nn1. The second-order valence-electron chi connectivity index (χ2n) is 4.29. The highest BCUT2D eigenvalue weighted by atomic mass is 15.3. The van der Waals surface area contributed by atoms with E-state index in [4.69, 9.17) is 0 Å². The van der Waals surface area contributed by atoms with Crippen LogP contribution in [-0.2, 0) is 0 Å². The highest BCUT2D eigenvalue weighted by Crippen LogP contribution is 2.33. The fraction of sp³-hybridized carbons (Fsp3) is 0.700. The molecule has 2 fully saturated rings. The normalized spacial score (nSPS) is 26.7. The third kappa shape index (κ3) is 1.92. The number of aromatic nitrogens is 3. The number of piperazine rings is 1. The lowest BCUT2D eigenvalue weighted by Gasteiger charge is -2.33. The minimum atomic E-state index is 0.627. The van der Waals surface area contributed by atoms with Crippen molar-refractivity contribution in [2.75, 3.05) is 24.5 Å². The first-order valence-electron chi connectivity index (χ1n) is 5.55. The molecule has 5 nitrogen and oxygen atoms in total. The quantitative estimate of drug-likeness (QED) is 0.740. The van der Waals surface area contributed by atoms with Crippen LogP contribution in [-0.4, -0.2) is 40.9 Å². The molecule has 1 aliphatic carbocycles. The summed E-state index contributed by atoms with van der Waals surface area (Å²) in [5.74, 6) is 1.65. The molecule has 2 aliphatic rings. The second-order valence-corrected chi connectivity index (χ2v) is 4.29. The molecular weight excluding hydrogens is 190 g/mol. The van der Waals surface area contributed by atoms with Gasteiger partial charge in [0.05, 0.1) is 12.4 Å². The maximum atomic E-state index is 4.24. The van der Waals surface area contributed by atoms with Gasteiger partial charge in [-0.3, -0.25) is 0 Å². The van der Waals surface area contributed by atoms with Crippen molar-refractivity contribution in [3.8, 4) is 0 Å². The molecule has 0 spiro atoms. The lowest BCUT2D eigenvalue weighted by Crippen LogP contribution is -2.52. The summed E-state index contributed by atoms with van der Waals surface area (Å²) in [5.41, 5.74) is 0. The monoisotopic (exact) mass is 205 g/mol. The summed E-state index contributed by atoms with van der Waals surface area (Å²) in [5, 5.41) is 11.5. The number of anilines is 1. The van der Waals surface area contributed by atoms with Gasteiger partial charge in [-0.05, 0) is 18.8 Å². The van der Waals surface area contributed by atoms with E-state index in [2.05, 4.69) is 25.4 Å². The lowest BCUT2D eigenvalue weighted by atomic mass is 10.1. The van der Waals surface area contributed by atoms with Crippen molar-refractivity contribution < 1.29 is 0 Å². The molecule has 1 N–H and O–H groups in total. The van der Waals surface area contributed by atoms with Gasteiger partial charge < -0.3 is 10.2 Å². The molecule has 1 saturated carbocycles. The predicted octanol–water partition coefficient (Wildman–Crippen LogP) is 0.0598. The number of nitrogens with one attached hydrogen (secondary N) is 1. The summed E-state index contributed by atoms with van der Waals surface area (Å²) in [6, 6.07) is 0.627. The van der Waals surface area contributed by atoms with Crippen LogP contribution in [0.25, 0.3) is 0 Å². The van der Waals surface area contributed by atoms with Crippen LogP contribution in [0.2, 0.25) is 0 Å². The standard InChI is InChI=1S/C10H15N5/c1-2-8(1)9-7-15(6-5-11-9)10-12-3-4-13-14-10/h3-4,8-9,11H,1-2,5-7H2. The van der Waals surface area contributed by atoms with E-state index in [0.717, 1.165) is 31.5 Å². The van der Waals surface area contributed by atoms with Crippen LogP contribution in [0.4, 0.5) is 5.95 Å². The molecule has 2 heterocycles. The third-order valence-electron chi connectivity index (χ3n) is 3.15. The van der Waals surface area contributed by atoms with Crippen molar-refractivity contribution in [2.24, 2.45) is 5.92 Å². The van der Waals surface area contributed by atoms with Gasteiger partial charge >= 0.3 is 0 Å². The van der Waals surface area contributed by atoms with E-state index in [-0.39, 0.29) is 0 Å². The summed E-state index contributed by atoms with van der Waals surface area (Å²) in [7, 11) is 0. The Balaban J connectivity index is 1.70. The highest BCUT2D eigenvalue weighted by molar-refractivity contribution is 5.29. The fourth-order valence-electron chi connectivity index (χ4n) is 2.16. The molecule has 3 rings (SSSR count). The van der Waals surface area contributed by atoms with Crippen molar-refractivity contribution in [1.82, 2.24) is 20.5 Å². The number of rotatable bonds is 2. The predicted molar refractivity (Wildman–Crippen MR) is 56.6 cm³/mol. The lowest BCUT2D eigenvalue weighted by molar-refractivity contribution is 0.414. The molecule has 0 amide bonds. The van der Waals surface area contributed by atoms with Crippen LogP contribution in [0.15, 0.2) is 12.4 Å². The summed E-state index contributed by atoms with van der Waals surface area (Å²) in [4.78, 5) is 6.47. The van der Waals surface area contributed by atoms with E-state index in [1.807, 2.05) is 0 Å². The van der Waals surface area contributed by atoms with Gasteiger partial charge in [0, 0.05) is 25.7 Å². The average molecular weight is 205 g/mol. The Bertz CT molecular complexity index is 324. The number of nitrogens with zero attached hydrogens (tertiary/aromatic N) is 4. The average Bonchev–Trinajstić information content (AvgIpc) is 3.14. The van der Waals surface area contributed by atoms with E-state index < -0.39 is 0 Å². The molecular formula is C10H15N5. The van der Waals surface area contributed by atoms with Gasteiger partial charge in [-0.1, -0.05) is 0 Å². The number of hydrogen-bond donors (Lipinski definition) is 1. The highest BCUT2D eigenvalue weighted by Gasteiger charge is 2.34. The maximum Gasteiger partial charge on any atom is 0.245 e. The first-order chi connectivity index (χ1) is 7.43. The Labute approximate surface area is 88.9 Å². The molecule has 1 saturated heterocycles. The topological polar surface area (TPSA) is 53.9 Å². The molecule has 0 aromatic carbocycles. The molecule has 1 aromatic rings. The van der Waals surface area contributed by atoms with Crippen LogP contribution in [0, 0.1) is 5.92 Å². The maximum absolute atomic E-state index is 4.24. The van der Waals surface area contributed by atoms with Crippen molar-refractivity contribution in [3.05, 3.63) is 12.4 Å². The molecule has 80 valence electrons. The van der Waals surface area contributed by atoms with Gasteiger partial charge in [0.1, 0.15) is 0 Å². The summed E-state index contributed by atoms with van der Waals surface area (Å²) < 4.78 is 0. The Morgan fingerprint density at radius 3 is 3.00 bits per heavy atom. The molecule has 5 heteroatoms. The molecule has 1 aliphatic heterocycles. The van der Waals surface area contributed by atoms with Crippen LogP contribution in [0.3, 0.4) is 0 Å².